The van der Waals surface area contributed by atoms with Crippen molar-refractivity contribution in [3.8, 4) is 11.5 Å². The Balaban J connectivity index is 1.61. The first-order valence-electron chi connectivity index (χ1n) is 10.6. The van der Waals surface area contributed by atoms with Crippen LogP contribution in [-0.2, 0) is 13.0 Å². The topological polar surface area (TPSA) is 51.9 Å². The summed E-state index contributed by atoms with van der Waals surface area (Å²) in [7, 11) is 3.34. The maximum absolute atomic E-state index is 12.3. The van der Waals surface area contributed by atoms with Crippen LogP contribution >= 0.6 is 11.3 Å². The van der Waals surface area contributed by atoms with Gasteiger partial charge in [0.2, 0.25) is 0 Å². The number of fused-ring (bicyclic) bond motifs is 2. The molecule has 32 heavy (non-hydrogen) atoms. The summed E-state index contributed by atoms with van der Waals surface area (Å²) in [6.45, 7) is 3.53. The molecule has 5 nitrogen and oxygen atoms in total. The highest BCUT2D eigenvalue weighted by Gasteiger charge is 2.31. The Morgan fingerprint density at radius 1 is 1.09 bits per heavy atom. The molecule has 1 unspecified atom stereocenters. The summed E-state index contributed by atoms with van der Waals surface area (Å²) >= 11 is 1.75. The predicted molar refractivity (Wildman–Crippen MR) is 127 cm³/mol. The molecule has 164 valence electrons. The lowest BCUT2D eigenvalue weighted by molar-refractivity contribution is 0.206. The second-order valence-corrected chi connectivity index (χ2v) is 9.11. The fourth-order valence-electron chi connectivity index (χ4n) is 4.63. The molecule has 0 saturated heterocycles. The van der Waals surface area contributed by atoms with Crippen LogP contribution in [0.15, 0.2) is 63.1 Å². The van der Waals surface area contributed by atoms with E-state index in [-0.39, 0.29) is 11.7 Å². The van der Waals surface area contributed by atoms with Gasteiger partial charge in [0.15, 0.2) is 11.5 Å². The van der Waals surface area contributed by atoms with Crippen molar-refractivity contribution in [2.24, 2.45) is 0 Å². The molecule has 0 N–H and O–H groups in total. The van der Waals surface area contributed by atoms with E-state index in [4.69, 9.17) is 13.9 Å². The van der Waals surface area contributed by atoms with Crippen LogP contribution in [0.2, 0.25) is 0 Å². The standard InChI is InChI=1S/C26H25NO4S/c1-16-6-7-19-18(13-25(28)31-21(19)11-16)15-27-9-8-17-12-22(29-2)23(30-3)14-20(17)26(27)24-5-4-10-32-24/h4-7,10-14,26H,8-9,15H2,1-3H3. The third-order valence-electron chi connectivity index (χ3n) is 6.15. The van der Waals surface area contributed by atoms with Gasteiger partial charge in [-0.2, -0.15) is 0 Å². The Bertz CT molecular complexity index is 1330. The van der Waals surface area contributed by atoms with E-state index in [0.29, 0.717) is 12.1 Å². The highest BCUT2D eigenvalue weighted by molar-refractivity contribution is 7.10. The number of methoxy groups -OCH3 is 2. The number of hydrogen-bond acceptors (Lipinski definition) is 6. The molecule has 0 aliphatic carbocycles. The van der Waals surface area contributed by atoms with Crippen LogP contribution in [0.1, 0.15) is 33.2 Å². The van der Waals surface area contributed by atoms with Crippen LogP contribution in [0.25, 0.3) is 11.0 Å². The van der Waals surface area contributed by atoms with E-state index in [0.717, 1.165) is 41.0 Å². The summed E-state index contributed by atoms with van der Waals surface area (Å²) < 4.78 is 16.6. The first kappa shape index (κ1) is 20.8. The van der Waals surface area contributed by atoms with Crippen molar-refractivity contribution < 1.29 is 13.9 Å². The fourth-order valence-corrected chi connectivity index (χ4v) is 5.51. The summed E-state index contributed by atoms with van der Waals surface area (Å²) in [6, 6.07) is 16.2. The smallest absolute Gasteiger partial charge is 0.336 e. The van der Waals surface area contributed by atoms with Gasteiger partial charge in [0.05, 0.1) is 20.3 Å². The lowest BCUT2D eigenvalue weighted by Crippen LogP contribution is -2.35. The minimum Gasteiger partial charge on any atom is -0.493 e. The summed E-state index contributed by atoms with van der Waals surface area (Å²) in [5.74, 6) is 1.49. The average molecular weight is 448 g/mol. The SMILES string of the molecule is COc1cc2c(cc1OC)C(c1cccs1)N(Cc1cc(=O)oc3cc(C)ccc13)CC2. The molecule has 1 atom stereocenters. The van der Waals surface area contributed by atoms with Crippen molar-refractivity contribution in [1.82, 2.24) is 4.90 Å². The molecule has 2 aromatic carbocycles. The molecule has 0 fully saturated rings. The van der Waals surface area contributed by atoms with E-state index in [2.05, 4.69) is 46.7 Å². The summed E-state index contributed by atoms with van der Waals surface area (Å²) in [5.41, 5.74) is 4.88. The Morgan fingerprint density at radius 2 is 1.91 bits per heavy atom. The zero-order valence-corrected chi connectivity index (χ0v) is 19.2. The molecule has 5 rings (SSSR count). The molecule has 3 heterocycles. The van der Waals surface area contributed by atoms with Gasteiger partial charge in [0.1, 0.15) is 5.58 Å². The van der Waals surface area contributed by atoms with Gasteiger partial charge in [0.25, 0.3) is 0 Å². The summed E-state index contributed by atoms with van der Waals surface area (Å²) in [6.07, 6.45) is 0.899. The minimum absolute atomic E-state index is 0.0753. The fraction of sp³-hybridized carbons (Fsp3) is 0.269. The van der Waals surface area contributed by atoms with E-state index >= 15 is 0 Å². The van der Waals surface area contributed by atoms with Gasteiger partial charge in [-0.15, -0.1) is 11.3 Å². The number of hydrogen-bond donors (Lipinski definition) is 0. The Kier molecular flexibility index (Phi) is 5.49. The average Bonchev–Trinajstić information content (AvgIpc) is 3.32. The van der Waals surface area contributed by atoms with Crippen LogP contribution in [0.5, 0.6) is 11.5 Å². The van der Waals surface area contributed by atoms with Crippen molar-refractivity contribution in [2.45, 2.75) is 25.9 Å². The Labute approximate surface area is 190 Å². The molecule has 4 aromatic rings. The quantitative estimate of drug-likeness (QED) is 0.387. The number of benzene rings is 2. The van der Waals surface area contributed by atoms with Crippen LogP contribution in [-0.4, -0.2) is 25.7 Å². The first-order valence-corrected chi connectivity index (χ1v) is 11.5. The van der Waals surface area contributed by atoms with Gasteiger partial charge in [-0.25, -0.2) is 4.79 Å². The molecule has 0 bridgehead atoms. The number of rotatable bonds is 5. The van der Waals surface area contributed by atoms with E-state index in [9.17, 15) is 4.79 Å². The maximum atomic E-state index is 12.3. The van der Waals surface area contributed by atoms with Crippen molar-refractivity contribution in [1.29, 1.82) is 0 Å². The third kappa shape index (κ3) is 3.70. The lowest BCUT2D eigenvalue weighted by Gasteiger charge is -2.37. The molecule has 1 aliphatic rings. The van der Waals surface area contributed by atoms with Gasteiger partial charge in [0, 0.05) is 29.4 Å². The number of thiophene rings is 1. The molecule has 1 aliphatic heterocycles. The van der Waals surface area contributed by atoms with Gasteiger partial charge in [-0.05, 0) is 65.2 Å². The second kappa shape index (κ2) is 8.45. The molecule has 2 aromatic heterocycles. The highest BCUT2D eigenvalue weighted by Crippen LogP contribution is 2.43. The molecular weight excluding hydrogens is 422 g/mol. The van der Waals surface area contributed by atoms with Crippen LogP contribution in [0.4, 0.5) is 0 Å². The molecule has 0 spiro atoms. The van der Waals surface area contributed by atoms with E-state index in [1.165, 1.54) is 16.0 Å². The largest absolute Gasteiger partial charge is 0.493 e. The van der Waals surface area contributed by atoms with Crippen molar-refractivity contribution in [3.05, 3.63) is 91.5 Å². The van der Waals surface area contributed by atoms with Gasteiger partial charge in [-0.1, -0.05) is 18.2 Å². The van der Waals surface area contributed by atoms with Crippen LogP contribution in [0.3, 0.4) is 0 Å². The predicted octanol–water partition coefficient (Wildman–Crippen LogP) is 5.33. The second-order valence-electron chi connectivity index (χ2n) is 8.13. The monoisotopic (exact) mass is 447 g/mol. The van der Waals surface area contributed by atoms with E-state index < -0.39 is 0 Å². The normalized spacial score (nSPS) is 16.2. The number of ether oxygens (including phenoxy) is 2. The van der Waals surface area contributed by atoms with Crippen LogP contribution in [0, 0.1) is 6.92 Å². The summed E-state index contributed by atoms with van der Waals surface area (Å²) in [4.78, 5) is 16.0. The van der Waals surface area contributed by atoms with Gasteiger partial charge < -0.3 is 13.9 Å². The first-order chi connectivity index (χ1) is 15.6. The minimum atomic E-state index is -0.311. The molecule has 0 saturated carbocycles. The van der Waals surface area contributed by atoms with E-state index in [1.807, 2.05) is 13.0 Å². The van der Waals surface area contributed by atoms with E-state index in [1.54, 1.807) is 31.6 Å². The number of aryl methyl sites for hydroxylation is 1. The Hall–Kier alpha value is -3.09. The maximum Gasteiger partial charge on any atom is 0.336 e. The summed E-state index contributed by atoms with van der Waals surface area (Å²) in [5, 5.41) is 3.09. The van der Waals surface area contributed by atoms with Crippen molar-refractivity contribution >= 4 is 22.3 Å². The Morgan fingerprint density at radius 3 is 2.66 bits per heavy atom. The lowest BCUT2D eigenvalue weighted by atomic mass is 9.90. The molecular formula is C26H25NO4S. The molecule has 6 heteroatoms. The van der Waals surface area contributed by atoms with Crippen molar-refractivity contribution in [2.75, 3.05) is 20.8 Å². The van der Waals surface area contributed by atoms with Gasteiger partial charge in [-0.3, -0.25) is 4.90 Å². The number of nitrogens with zero attached hydrogens (tertiary/aromatic N) is 1. The van der Waals surface area contributed by atoms with Crippen molar-refractivity contribution in [3.63, 3.8) is 0 Å². The zero-order valence-electron chi connectivity index (χ0n) is 18.4. The third-order valence-corrected chi connectivity index (χ3v) is 7.07. The van der Waals surface area contributed by atoms with Gasteiger partial charge >= 0.3 is 5.63 Å². The molecule has 0 amide bonds. The van der Waals surface area contributed by atoms with Crippen LogP contribution < -0.4 is 15.1 Å². The highest BCUT2D eigenvalue weighted by atomic mass is 32.1. The molecule has 0 radical (unpaired) electrons. The zero-order chi connectivity index (χ0) is 22.2.